The molecule has 0 saturated heterocycles. The molecule has 0 spiro atoms. The molecule has 0 radical (unpaired) electrons. The van der Waals surface area contributed by atoms with E-state index in [4.69, 9.17) is 15.1 Å². The van der Waals surface area contributed by atoms with Gasteiger partial charge in [-0.25, -0.2) is 0 Å². The Kier molecular flexibility index (Phi) is 10.5. The lowest BCUT2D eigenvalue weighted by Gasteiger charge is -2.72. The van der Waals surface area contributed by atoms with Crippen LogP contribution in [0.3, 0.4) is 0 Å². The number of ether oxygens (including phenoxy) is 1. The molecule has 2 unspecified atom stereocenters. The van der Waals surface area contributed by atoms with Crippen molar-refractivity contribution in [2.45, 2.75) is 153 Å². The van der Waals surface area contributed by atoms with Crippen molar-refractivity contribution < 1.29 is 24.2 Å². The molecule has 5 aliphatic rings. The number of aliphatic carboxylic acids is 1. The first-order valence-electron chi connectivity index (χ1n) is 20.7. The first-order chi connectivity index (χ1) is 25.6. The predicted octanol–water partition coefficient (Wildman–Crippen LogP) is 9.92. The Morgan fingerprint density at radius 3 is 2.31 bits per heavy atom. The van der Waals surface area contributed by atoms with Crippen molar-refractivity contribution >= 4 is 29.1 Å². The minimum atomic E-state index is -1.17. The number of esters is 1. The normalized spacial score (nSPS) is 36.0. The lowest BCUT2D eigenvalue weighted by Crippen LogP contribution is -2.65. The van der Waals surface area contributed by atoms with Gasteiger partial charge in [-0.15, -0.1) is 0 Å². The number of ketones is 1. The Balaban J connectivity index is 1.27. The zero-order chi connectivity index (χ0) is 40.5. The second-order valence-corrected chi connectivity index (χ2v) is 20.4. The van der Waals surface area contributed by atoms with E-state index >= 15 is 0 Å². The standard InChI is InChI=1S/C46H64N4O5/c1-27(2)38-33(51)23-46(22-28(3)49-50-29(4)32-14-12-30(25-47)26-48-32)21-20-44(10)31(39(38)46)13-15-35-43(9)18-17-36(55-37(52)24-41(5,6)40(53)54)42(7,8)34(43)16-19-45(35,44)11/h12,14,26-27,31,34-36H,13,15-24H2,1-11H3,(H,53,54)/b49-28+,50-29+/t31-,34?,35-,36+,43+,44-,45?,46-/m1/s1. The molecule has 1 aromatic heterocycles. The van der Waals surface area contributed by atoms with Crippen LogP contribution in [0.2, 0.25) is 0 Å². The summed E-state index contributed by atoms with van der Waals surface area (Å²) in [5.74, 6) is 0.273. The number of hydrogen-bond acceptors (Lipinski definition) is 8. The van der Waals surface area contributed by atoms with Gasteiger partial charge in [0, 0.05) is 29.2 Å². The summed E-state index contributed by atoms with van der Waals surface area (Å²) in [6.07, 6.45) is 10.6. The summed E-state index contributed by atoms with van der Waals surface area (Å²) in [5, 5.41) is 28.1. The van der Waals surface area contributed by atoms with E-state index in [0.717, 1.165) is 62.7 Å². The van der Waals surface area contributed by atoms with Gasteiger partial charge in [-0.3, -0.25) is 19.4 Å². The Morgan fingerprint density at radius 2 is 1.69 bits per heavy atom. The average Bonchev–Trinajstić information content (AvgIpc) is 3.40. The monoisotopic (exact) mass is 752 g/mol. The number of Topliss-reactive ketones (excluding diaryl/α,β-unsaturated/α-hetero) is 1. The van der Waals surface area contributed by atoms with E-state index in [-0.39, 0.29) is 45.5 Å². The van der Waals surface area contributed by atoms with Crippen LogP contribution in [0.5, 0.6) is 0 Å². The average molecular weight is 753 g/mol. The highest BCUT2D eigenvalue weighted by molar-refractivity contribution is 6.02. The molecule has 8 atom stereocenters. The molecule has 0 bridgehead atoms. The summed E-state index contributed by atoms with van der Waals surface area (Å²) in [7, 11) is 0. The zero-order valence-electron chi connectivity index (χ0n) is 35.3. The second-order valence-electron chi connectivity index (χ2n) is 20.4. The number of allylic oxidation sites excluding steroid dienone is 2. The number of carbonyl (C=O) groups excluding carboxylic acids is 2. The molecule has 298 valence electrons. The molecule has 1 aromatic rings. The van der Waals surface area contributed by atoms with Gasteiger partial charge in [-0.05, 0) is 143 Å². The van der Waals surface area contributed by atoms with Gasteiger partial charge in [0.05, 0.1) is 28.8 Å². The number of fused-ring (bicyclic) bond motifs is 7. The van der Waals surface area contributed by atoms with Gasteiger partial charge in [0.1, 0.15) is 12.2 Å². The van der Waals surface area contributed by atoms with E-state index in [1.165, 1.54) is 5.57 Å². The number of carboxylic acids is 1. The number of carbonyl (C=O) groups is 3. The van der Waals surface area contributed by atoms with Gasteiger partial charge in [0.15, 0.2) is 5.78 Å². The summed E-state index contributed by atoms with van der Waals surface area (Å²) in [6.45, 7) is 23.7. The van der Waals surface area contributed by atoms with Gasteiger partial charge >= 0.3 is 11.9 Å². The third kappa shape index (κ3) is 6.61. The number of carboxylic acid groups (broad SMARTS) is 1. The van der Waals surface area contributed by atoms with Crippen molar-refractivity contribution in [1.82, 2.24) is 4.98 Å². The Morgan fingerprint density at radius 1 is 0.982 bits per heavy atom. The van der Waals surface area contributed by atoms with Crippen LogP contribution in [-0.4, -0.2) is 45.3 Å². The molecule has 55 heavy (non-hydrogen) atoms. The molecule has 4 fully saturated rings. The van der Waals surface area contributed by atoms with Gasteiger partial charge < -0.3 is 9.84 Å². The minimum absolute atomic E-state index is 0.0322. The summed E-state index contributed by atoms with van der Waals surface area (Å²) >= 11 is 0. The Hall–Kier alpha value is -3.67. The highest BCUT2D eigenvalue weighted by Gasteiger charge is 2.70. The largest absolute Gasteiger partial charge is 0.481 e. The maximum Gasteiger partial charge on any atom is 0.309 e. The number of aromatic nitrogens is 1. The third-order valence-electron chi connectivity index (χ3n) is 16.2. The summed E-state index contributed by atoms with van der Waals surface area (Å²) in [5.41, 5.74) is 3.84. The van der Waals surface area contributed by atoms with Gasteiger partial charge in [0.2, 0.25) is 0 Å². The first-order valence-corrected chi connectivity index (χ1v) is 20.7. The number of hydrogen-bond donors (Lipinski definition) is 1. The summed E-state index contributed by atoms with van der Waals surface area (Å²) in [4.78, 5) is 43.4. The van der Waals surface area contributed by atoms with Crippen LogP contribution < -0.4 is 0 Å². The smallest absolute Gasteiger partial charge is 0.309 e. The molecule has 9 nitrogen and oxygen atoms in total. The fourth-order valence-corrected chi connectivity index (χ4v) is 13.2. The van der Waals surface area contributed by atoms with Crippen LogP contribution in [0.4, 0.5) is 0 Å². The fourth-order valence-electron chi connectivity index (χ4n) is 13.2. The highest BCUT2D eigenvalue weighted by Crippen LogP contribution is 2.77. The summed E-state index contributed by atoms with van der Waals surface area (Å²) in [6, 6.07) is 5.64. The number of pyridine rings is 1. The molecule has 0 amide bonds. The molecule has 9 heteroatoms. The SMILES string of the molecule is C/C(C[C@@]12CC[C@]3(C)[C@H](CC[C@H]4C3(C)CCC3C(C)(C)[C@@H](OC(=O)CC(C)(C)C(=O)O)CC[C@@]34C)C1=C(C(C)C)C(=O)C2)=N\N=C(/C)c1ccc(C#N)cn1. The number of nitrogens with zero attached hydrogens (tertiary/aromatic N) is 4. The van der Waals surface area contributed by atoms with Crippen LogP contribution in [0.25, 0.3) is 0 Å². The van der Waals surface area contributed by atoms with E-state index in [9.17, 15) is 19.5 Å². The molecule has 1 N–H and O–H groups in total. The van der Waals surface area contributed by atoms with Crippen LogP contribution in [0.1, 0.15) is 158 Å². The van der Waals surface area contributed by atoms with E-state index in [0.29, 0.717) is 53.3 Å². The first kappa shape index (κ1) is 41.0. The van der Waals surface area contributed by atoms with Crippen LogP contribution in [-0.2, 0) is 19.1 Å². The van der Waals surface area contributed by atoms with E-state index in [2.05, 4.69) is 64.6 Å². The van der Waals surface area contributed by atoms with Gasteiger partial charge in [-0.2, -0.15) is 15.5 Å². The van der Waals surface area contributed by atoms with Gasteiger partial charge in [-0.1, -0.05) is 54.0 Å². The van der Waals surface area contributed by atoms with Crippen LogP contribution in [0, 0.1) is 67.5 Å². The van der Waals surface area contributed by atoms with Crippen molar-refractivity contribution in [1.29, 1.82) is 5.26 Å². The second kappa shape index (κ2) is 14.1. The molecule has 6 rings (SSSR count). The summed E-state index contributed by atoms with van der Waals surface area (Å²) < 4.78 is 6.18. The number of rotatable bonds is 9. The van der Waals surface area contributed by atoms with Crippen LogP contribution in [0.15, 0.2) is 39.7 Å². The highest BCUT2D eigenvalue weighted by atomic mass is 16.5. The van der Waals surface area contributed by atoms with E-state index in [1.807, 2.05) is 13.8 Å². The molecule has 0 aromatic carbocycles. The van der Waals surface area contributed by atoms with Crippen molar-refractivity contribution in [3.05, 3.63) is 40.7 Å². The zero-order valence-corrected chi connectivity index (χ0v) is 35.3. The molecule has 0 aliphatic heterocycles. The lowest BCUT2D eigenvalue weighted by molar-refractivity contribution is -0.233. The van der Waals surface area contributed by atoms with Crippen LogP contribution >= 0.6 is 0 Å². The van der Waals surface area contributed by atoms with E-state index < -0.39 is 17.4 Å². The fraction of sp³-hybridized carbons (Fsp3) is 0.717. The van der Waals surface area contributed by atoms with Gasteiger partial charge in [0.25, 0.3) is 0 Å². The number of nitriles is 1. The quantitative estimate of drug-likeness (QED) is 0.150. The van der Waals surface area contributed by atoms with E-state index in [1.54, 1.807) is 32.2 Å². The predicted molar refractivity (Wildman–Crippen MR) is 214 cm³/mol. The maximum absolute atomic E-state index is 14.1. The lowest BCUT2D eigenvalue weighted by atomic mass is 9.33. The molecule has 1 heterocycles. The molecular weight excluding hydrogens is 689 g/mol. The molecular formula is C46H64N4O5. The maximum atomic E-state index is 14.1. The van der Waals surface area contributed by atoms with Crippen molar-refractivity contribution in [2.24, 2.45) is 66.4 Å². The van der Waals surface area contributed by atoms with Crippen molar-refractivity contribution in [2.75, 3.05) is 0 Å². The third-order valence-corrected chi connectivity index (χ3v) is 16.2. The minimum Gasteiger partial charge on any atom is -0.481 e. The Bertz CT molecular complexity index is 1880. The molecule has 5 aliphatic carbocycles. The Labute approximate surface area is 328 Å². The molecule has 4 saturated carbocycles. The van der Waals surface area contributed by atoms with Crippen molar-refractivity contribution in [3.8, 4) is 6.07 Å². The van der Waals surface area contributed by atoms with Crippen molar-refractivity contribution in [3.63, 3.8) is 0 Å². The topological polar surface area (TPSA) is 142 Å².